The van der Waals surface area contributed by atoms with Crippen molar-refractivity contribution < 1.29 is 9.53 Å². The standard InChI is InChI=1S/C26H28ClNO2/c1-3-18(2)30-24-15-14-23(21-8-4-5-9-22(21)24)28-25(29)26(16-6-7-17-26)19-10-12-20(27)13-11-19/h4-5,8-15,18H,3,6-7,16-17H2,1-2H3,(H,28,29). The fourth-order valence-corrected chi connectivity index (χ4v) is 4.55. The fourth-order valence-electron chi connectivity index (χ4n) is 4.42. The number of amides is 1. The average Bonchev–Trinajstić information content (AvgIpc) is 3.27. The van der Waals surface area contributed by atoms with Gasteiger partial charge in [0.15, 0.2) is 0 Å². The summed E-state index contributed by atoms with van der Waals surface area (Å²) in [5.41, 5.74) is 1.37. The molecule has 1 unspecified atom stereocenters. The van der Waals surface area contributed by atoms with E-state index in [1.54, 1.807) is 0 Å². The number of rotatable bonds is 6. The van der Waals surface area contributed by atoms with Crippen LogP contribution in [-0.4, -0.2) is 12.0 Å². The van der Waals surface area contributed by atoms with E-state index in [9.17, 15) is 4.79 Å². The van der Waals surface area contributed by atoms with Gasteiger partial charge in [-0.15, -0.1) is 0 Å². The smallest absolute Gasteiger partial charge is 0.235 e. The number of ether oxygens (including phenoxy) is 1. The molecule has 1 N–H and O–H groups in total. The van der Waals surface area contributed by atoms with Crippen LogP contribution in [0.3, 0.4) is 0 Å². The zero-order valence-corrected chi connectivity index (χ0v) is 18.3. The lowest BCUT2D eigenvalue weighted by Gasteiger charge is -2.29. The van der Waals surface area contributed by atoms with Crippen molar-refractivity contribution in [1.29, 1.82) is 0 Å². The molecule has 1 amide bonds. The molecule has 3 nitrogen and oxygen atoms in total. The summed E-state index contributed by atoms with van der Waals surface area (Å²) < 4.78 is 6.11. The summed E-state index contributed by atoms with van der Waals surface area (Å²) in [5, 5.41) is 5.95. The van der Waals surface area contributed by atoms with Crippen molar-refractivity contribution in [3.63, 3.8) is 0 Å². The fraction of sp³-hybridized carbons (Fsp3) is 0.346. The number of halogens is 1. The molecule has 0 radical (unpaired) electrons. The van der Waals surface area contributed by atoms with Crippen LogP contribution in [0, 0.1) is 0 Å². The van der Waals surface area contributed by atoms with Crippen LogP contribution in [-0.2, 0) is 10.2 Å². The largest absolute Gasteiger partial charge is 0.490 e. The summed E-state index contributed by atoms with van der Waals surface area (Å²) in [6, 6.07) is 19.8. The van der Waals surface area contributed by atoms with Crippen LogP contribution >= 0.6 is 11.6 Å². The first kappa shape index (κ1) is 20.7. The molecule has 1 aliphatic carbocycles. The third kappa shape index (κ3) is 3.91. The van der Waals surface area contributed by atoms with Crippen LogP contribution in [0.15, 0.2) is 60.7 Å². The number of carbonyl (C=O) groups excluding carboxylic acids is 1. The van der Waals surface area contributed by atoms with E-state index in [4.69, 9.17) is 16.3 Å². The summed E-state index contributed by atoms with van der Waals surface area (Å²) in [6.07, 6.45) is 4.90. The molecule has 30 heavy (non-hydrogen) atoms. The van der Waals surface area contributed by atoms with Crippen LogP contribution in [0.2, 0.25) is 5.02 Å². The summed E-state index contributed by atoms with van der Waals surface area (Å²) in [4.78, 5) is 13.6. The molecule has 1 fully saturated rings. The highest BCUT2D eigenvalue weighted by Gasteiger charge is 2.42. The van der Waals surface area contributed by atoms with Gasteiger partial charge in [0.25, 0.3) is 0 Å². The van der Waals surface area contributed by atoms with Crippen LogP contribution in [0.1, 0.15) is 51.5 Å². The summed E-state index contributed by atoms with van der Waals surface area (Å²) in [5.74, 6) is 0.911. The molecule has 0 heterocycles. The normalized spacial score (nSPS) is 16.4. The molecule has 1 saturated carbocycles. The van der Waals surface area contributed by atoms with Gasteiger partial charge in [-0.05, 0) is 56.0 Å². The van der Waals surface area contributed by atoms with Crippen LogP contribution in [0.4, 0.5) is 5.69 Å². The highest BCUT2D eigenvalue weighted by atomic mass is 35.5. The Bertz CT molecular complexity index is 1040. The molecule has 0 spiro atoms. The van der Waals surface area contributed by atoms with E-state index in [-0.39, 0.29) is 12.0 Å². The predicted molar refractivity (Wildman–Crippen MR) is 125 cm³/mol. The number of hydrogen-bond donors (Lipinski definition) is 1. The molecule has 0 aliphatic heterocycles. The SMILES string of the molecule is CCC(C)Oc1ccc(NC(=O)C2(c3ccc(Cl)cc3)CCCC2)c2ccccc12. The highest BCUT2D eigenvalue weighted by Crippen LogP contribution is 2.43. The number of nitrogens with one attached hydrogen (secondary N) is 1. The first-order valence-electron chi connectivity index (χ1n) is 10.8. The van der Waals surface area contributed by atoms with Crippen molar-refractivity contribution in [2.45, 2.75) is 57.5 Å². The molecule has 3 aromatic carbocycles. The number of hydrogen-bond acceptors (Lipinski definition) is 2. The third-order valence-electron chi connectivity index (χ3n) is 6.32. The number of anilines is 1. The van der Waals surface area contributed by atoms with Crippen LogP contribution in [0.25, 0.3) is 10.8 Å². The molecule has 0 saturated heterocycles. The Labute approximate surface area is 183 Å². The second kappa shape index (κ2) is 8.69. The maximum atomic E-state index is 13.6. The molecular formula is C26H28ClNO2. The third-order valence-corrected chi connectivity index (χ3v) is 6.58. The van der Waals surface area contributed by atoms with Gasteiger partial charge in [-0.1, -0.05) is 67.8 Å². The predicted octanol–water partition coefficient (Wildman–Crippen LogP) is 7.12. The van der Waals surface area contributed by atoms with Gasteiger partial charge >= 0.3 is 0 Å². The molecule has 156 valence electrons. The molecule has 1 aliphatic rings. The lowest BCUT2D eigenvalue weighted by atomic mass is 9.78. The highest BCUT2D eigenvalue weighted by molar-refractivity contribution is 6.30. The van der Waals surface area contributed by atoms with Gasteiger partial charge in [0.1, 0.15) is 5.75 Å². The van der Waals surface area contributed by atoms with E-state index in [2.05, 4.69) is 19.2 Å². The Morgan fingerprint density at radius 1 is 1.03 bits per heavy atom. The van der Waals surface area contributed by atoms with E-state index in [1.807, 2.05) is 60.7 Å². The number of carbonyl (C=O) groups is 1. The summed E-state index contributed by atoms with van der Waals surface area (Å²) in [6.45, 7) is 4.18. The lowest BCUT2D eigenvalue weighted by molar-refractivity contribution is -0.121. The summed E-state index contributed by atoms with van der Waals surface area (Å²) >= 11 is 6.09. The second-order valence-electron chi connectivity index (χ2n) is 8.24. The minimum atomic E-state index is -0.502. The van der Waals surface area contributed by atoms with Gasteiger partial charge in [-0.3, -0.25) is 4.79 Å². The topological polar surface area (TPSA) is 38.3 Å². The van der Waals surface area contributed by atoms with Gasteiger partial charge in [-0.25, -0.2) is 0 Å². The van der Waals surface area contributed by atoms with E-state index < -0.39 is 5.41 Å². The Morgan fingerprint density at radius 2 is 1.70 bits per heavy atom. The molecule has 1 atom stereocenters. The van der Waals surface area contributed by atoms with Crippen molar-refractivity contribution in [2.75, 3.05) is 5.32 Å². The van der Waals surface area contributed by atoms with Crippen molar-refractivity contribution >= 4 is 34.0 Å². The minimum absolute atomic E-state index is 0.0584. The molecule has 4 rings (SSSR count). The van der Waals surface area contributed by atoms with E-state index in [1.165, 1.54) is 0 Å². The molecule has 4 heteroatoms. The van der Waals surface area contributed by atoms with E-state index >= 15 is 0 Å². The van der Waals surface area contributed by atoms with Gasteiger partial charge in [-0.2, -0.15) is 0 Å². The maximum Gasteiger partial charge on any atom is 0.235 e. The van der Waals surface area contributed by atoms with Crippen molar-refractivity contribution in [3.05, 3.63) is 71.2 Å². The molecule has 3 aromatic rings. The van der Waals surface area contributed by atoms with E-state index in [0.29, 0.717) is 5.02 Å². The quantitative estimate of drug-likeness (QED) is 0.460. The Balaban J connectivity index is 1.69. The maximum absolute atomic E-state index is 13.6. The Kier molecular flexibility index (Phi) is 6.01. The second-order valence-corrected chi connectivity index (χ2v) is 8.68. The minimum Gasteiger partial charge on any atom is -0.490 e. The molecule has 0 bridgehead atoms. The number of fused-ring (bicyclic) bond motifs is 1. The molecule has 0 aromatic heterocycles. The van der Waals surface area contributed by atoms with Crippen molar-refractivity contribution in [2.24, 2.45) is 0 Å². The monoisotopic (exact) mass is 421 g/mol. The first-order valence-corrected chi connectivity index (χ1v) is 11.2. The number of benzene rings is 3. The van der Waals surface area contributed by atoms with Gasteiger partial charge in [0, 0.05) is 21.5 Å². The van der Waals surface area contributed by atoms with Gasteiger partial charge < -0.3 is 10.1 Å². The Hall–Kier alpha value is -2.52. The van der Waals surface area contributed by atoms with Crippen LogP contribution < -0.4 is 10.1 Å². The zero-order valence-electron chi connectivity index (χ0n) is 17.6. The van der Waals surface area contributed by atoms with E-state index in [0.717, 1.165) is 59.9 Å². The Morgan fingerprint density at radius 3 is 2.37 bits per heavy atom. The van der Waals surface area contributed by atoms with Crippen molar-refractivity contribution in [3.8, 4) is 5.75 Å². The van der Waals surface area contributed by atoms with Gasteiger partial charge in [0.05, 0.1) is 11.5 Å². The zero-order chi connectivity index (χ0) is 21.1. The van der Waals surface area contributed by atoms with Crippen molar-refractivity contribution in [1.82, 2.24) is 0 Å². The molecular weight excluding hydrogens is 394 g/mol. The average molecular weight is 422 g/mol. The van der Waals surface area contributed by atoms with Gasteiger partial charge in [0.2, 0.25) is 5.91 Å². The summed E-state index contributed by atoms with van der Waals surface area (Å²) in [7, 11) is 0. The lowest BCUT2D eigenvalue weighted by Crippen LogP contribution is -2.38. The first-order chi connectivity index (χ1) is 14.5. The van der Waals surface area contributed by atoms with Crippen LogP contribution in [0.5, 0.6) is 5.75 Å².